The van der Waals surface area contributed by atoms with E-state index in [9.17, 15) is 4.79 Å². The molecule has 0 fully saturated rings. The van der Waals surface area contributed by atoms with E-state index in [4.69, 9.17) is 11.6 Å². The van der Waals surface area contributed by atoms with Crippen molar-refractivity contribution in [2.24, 2.45) is 0 Å². The van der Waals surface area contributed by atoms with Crippen LogP contribution in [0.25, 0.3) is 0 Å². The summed E-state index contributed by atoms with van der Waals surface area (Å²) in [6.07, 6.45) is 1.19. The van der Waals surface area contributed by atoms with Crippen LogP contribution in [0.2, 0.25) is 5.02 Å². The van der Waals surface area contributed by atoms with E-state index in [1.807, 2.05) is 49.6 Å². The number of hydrogen-bond acceptors (Lipinski definition) is 2. The third kappa shape index (κ3) is 4.09. The van der Waals surface area contributed by atoms with Gasteiger partial charge in [-0.15, -0.1) is 11.3 Å². The maximum absolute atomic E-state index is 11.9. The number of carbonyl (C=O) groups is 1. The molecule has 2 rings (SSSR count). The number of benzene rings is 1. The van der Waals surface area contributed by atoms with Gasteiger partial charge >= 0.3 is 0 Å². The van der Waals surface area contributed by atoms with Gasteiger partial charge in [-0.25, -0.2) is 0 Å². The lowest BCUT2D eigenvalue weighted by molar-refractivity contribution is -0.121. The van der Waals surface area contributed by atoms with Gasteiger partial charge in [0.2, 0.25) is 5.91 Å². The molecule has 0 radical (unpaired) electrons. The molecule has 0 spiro atoms. The maximum atomic E-state index is 11.9. The number of hydrogen-bond donors (Lipinski definition) is 1. The zero-order valence-electron chi connectivity index (χ0n) is 11.7. The van der Waals surface area contributed by atoms with Crippen LogP contribution in [0.3, 0.4) is 0 Å². The highest BCUT2D eigenvalue weighted by molar-refractivity contribution is 7.10. The molecule has 0 saturated heterocycles. The largest absolute Gasteiger partial charge is 0.349 e. The molecule has 0 aliphatic carbocycles. The van der Waals surface area contributed by atoms with Crippen molar-refractivity contribution in [2.75, 3.05) is 0 Å². The Bertz CT molecular complexity index is 580. The molecule has 1 amide bonds. The number of halogens is 1. The first-order chi connectivity index (χ1) is 9.56. The van der Waals surface area contributed by atoms with Gasteiger partial charge < -0.3 is 5.32 Å². The summed E-state index contributed by atoms with van der Waals surface area (Å²) in [5.41, 5.74) is 2.16. The number of amides is 1. The van der Waals surface area contributed by atoms with Gasteiger partial charge in [-0.2, -0.15) is 0 Å². The van der Waals surface area contributed by atoms with E-state index >= 15 is 0 Å². The van der Waals surface area contributed by atoms with Crippen molar-refractivity contribution < 1.29 is 4.79 Å². The summed E-state index contributed by atoms with van der Waals surface area (Å²) in [7, 11) is 0. The monoisotopic (exact) mass is 307 g/mol. The SMILES string of the molecule is Cc1ccc(CCC(=O)NC(C)c2cccs2)cc1Cl. The molecule has 0 saturated carbocycles. The van der Waals surface area contributed by atoms with Crippen molar-refractivity contribution in [2.45, 2.75) is 32.7 Å². The lowest BCUT2D eigenvalue weighted by atomic mass is 10.1. The van der Waals surface area contributed by atoms with Crippen molar-refractivity contribution in [3.63, 3.8) is 0 Å². The van der Waals surface area contributed by atoms with Crippen LogP contribution in [0.5, 0.6) is 0 Å². The Labute approximate surface area is 128 Å². The predicted octanol–water partition coefficient (Wildman–Crippen LogP) is 4.52. The average molecular weight is 308 g/mol. The van der Waals surface area contributed by atoms with Crippen molar-refractivity contribution in [3.05, 3.63) is 56.7 Å². The maximum Gasteiger partial charge on any atom is 0.220 e. The Balaban J connectivity index is 1.84. The highest BCUT2D eigenvalue weighted by Crippen LogP contribution is 2.19. The van der Waals surface area contributed by atoms with E-state index in [0.717, 1.165) is 16.1 Å². The molecule has 1 unspecified atom stereocenters. The van der Waals surface area contributed by atoms with Gasteiger partial charge in [-0.1, -0.05) is 29.8 Å². The van der Waals surface area contributed by atoms with E-state index in [0.29, 0.717) is 12.8 Å². The van der Waals surface area contributed by atoms with E-state index in [2.05, 4.69) is 5.32 Å². The number of aryl methyl sites for hydroxylation is 2. The first-order valence-electron chi connectivity index (χ1n) is 6.64. The average Bonchev–Trinajstić information content (AvgIpc) is 2.94. The van der Waals surface area contributed by atoms with E-state index in [1.165, 1.54) is 4.88 Å². The molecule has 20 heavy (non-hydrogen) atoms. The summed E-state index contributed by atoms with van der Waals surface area (Å²) in [5, 5.41) is 5.80. The molecule has 0 bridgehead atoms. The minimum Gasteiger partial charge on any atom is -0.349 e. The summed E-state index contributed by atoms with van der Waals surface area (Å²) in [6.45, 7) is 3.98. The Morgan fingerprint density at radius 3 is 2.85 bits per heavy atom. The quantitative estimate of drug-likeness (QED) is 0.864. The first kappa shape index (κ1) is 15.1. The smallest absolute Gasteiger partial charge is 0.220 e. The van der Waals surface area contributed by atoms with Gasteiger partial charge in [0.1, 0.15) is 0 Å². The summed E-state index contributed by atoms with van der Waals surface area (Å²) < 4.78 is 0. The second-order valence-corrected chi connectivity index (χ2v) is 6.27. The Hall–Kier alpha value is -1.32. The van der Waals surface area contributed by atoms with Crippen LogP contribution < -0.4 is 5.32 Å². The third-order valence-electron chi connectivity index (χ3n) is 3.22. The summed E-state index contributed by atoms with van der Waals surface area (Å²) in [5.74, 6) is 0.0718. The standard InChI is InChI=1S/C16H18ClNOS/c1-11-5-6-13(10-14(11)17)7-8-16(19)18-12(2)15-4-3-9-20-15/h3-6,9-10,12H,7-8H2,1-2H3,(H,18,19). The highest BCUT2D eigenvalue weighted by atomic mass is 35.5. The van der Waals surface area contributed by atoms with Gasteiger partial charge in [-0.3, -0.25) is 4.79 Å². The molecule has 0 aliphatic heterocycles. The molecule has 1 N–H and O–H groups in total. The normalized spacial score (nSPS) is 12.2. The molecule has 2 aromatic rings. The molecule has 1 aromatic carbocycles. The van der Waals surface area contributed by atoms with Crippen LogP contribution in [0.4, 0.5) is 0 Å². The van der Waals surface area contributed by atoms with E-state index < -0.39 is 0 Å². The predicted molar refractivity (Wildman–Crippen MR) is 85.4 cm³/mol. The summed E-state index contributed by atoms with van der Waals surface area (Å²) in [4.78, 5) is 13.1. The topological polar surface area (TPSA) is 29.1 Å². The van der Waals surface area contributed by atoms with Crippen LogP contribution >= 0.6 is 22.9 Å². The zero-order chi connectivity index (χ0) is 14.5. The van der Waals surface area contributed by atoms with Crippen molar-refractivity contribution in [3.8, 4) is 0 Å². The fraction of sp³-hybridized carbons (Fsp3) is 0.312. The number of carbonyl (C=O) groups excluding carboxylic acids is 1. The Morgan fingerprint density at radius 1 is 1.40 bits per heavy atom. The van der Waals surface area contributed by atoms with Crippen LogP contribution in [0.1, 0.15) is 35.4 Å². The van der Waals surface area contributed by atoms with Crippen molar-refractivity contribution in [1.82, 2.24) is 5.32 Å². The Kier molecular flexibility index (Phi) is 5.21. The molecular formula is C16H18ClNOS. The molecule has 106 valence electrons. The molecule has 0 aliphatic rings. The van der Waals surface area contributed by atoms with Gasteiger partial charge in [-0.05, 0) is 48.9 Å². The van der Waals surface area contributed by atoms with Gasteiger partial charge in [0.15, 0.2) is 0 Å². The van der Waals surface area contributed by atoms with Crippen molar-refractivity contribution >= 4 is 28.8 Å². The van der Waals surface area contributed by atoms with E-state index in [-0.39, 0.29) is 11.9 Å². The minimum absolute atomic E-state index is 0.0718. The van der Waals surface area contributed by atoms with E-state index in [1.54, 1.807) is 11.3 Å². The first-order valence-corrected chi connectivity index (χ1v) is 7.90. The zero-order valence-corrected chi connectivity index (χ0v) is 13.2. The molecule has 1 atom stereocenters. The number of thiophene rings is 1. The Morgan fingerprint density at radius 2 is 2.20 bits per heavy atom. The number of nitrogens with one attached hydrogen (secondary N) is 1. The molecule has 1 aromatic heterocycles. The second kappa shape index (κ2) is 6.91. The fourth-order valence-corrected chi connectivity index (χ4v) is 2.91. The lowest BCUT2D eigenvalue weighted by Crippen LogP contribution is -2.26. The highest BCUT2D eigenvalue weighted by Gasteiger charge is 2.10. The van der Waals surface area contributed by atoms with Gasteiger partial charge in [0.25, 0.3) is 0 Å². The molecule has 1 heterocycles. The summed E-state index contributed by atoms with van der Waals surface area (Å²) >= 11 is 7.74. The minimum atomic E-state index is 0.0718. The second-order valence-electron chi connectivity index (χ2n) is 4.89. The molecule has 4 heteroatoms. The fourth-order valence-electron chi connectivity index (χ4n) is 1.97. The molecular weight excluding hydrogens is 290 g/mol. The third-order valence-corrected chi connectivity index (χ3v) is 4.69. The van der Waals surface area contributed by atoms with Crippen LogP contribution in [0, 0.1) is 6.92 Å². The lowest BCUT2D eigenvalue weighted by Gasteiger charge is -2.12. The van der Waals surface area contributed by atoms with Crippen molar-refractivity contribution in [1.29, 1.82) is 0 Å². The van der Waals surface area contributed by atoms with Crippen LogP contribution in [0.15, 0.2) is 35.7 Å². The number of rotatable bonds is 5. The van der Waals surface area contributed by atoms with Gasteiger partial charge in [0.05, 0.1) is 6.04 Å². The van der Waals surface area contributed by atoms with Crippen LogP contribution in [-0.2, 0) is 11.2 Å². The summed E-state index contributed by atoms with van der Waals surface area (Å²) in [6, 6.07) is 10.1. The molecule has 2 nitrogen and oxygen atoms in total. The van der Waals surface area contributed by atoms with Gasteiger partial charge in [0, 0.05) is 16.3 Å². The van der Waals surface area contributed by atoms with Crippen LogP contribution in [-0.4, -0.2) is 5.91 Å².